The van der Waals surface area contributed by atoms with E-state index in [1.54, 1.807) is 0 Å². The van der Waals surface area contributed by atoms with Crippen LogP contribution in [0.4, 0.5) is 0 Å². The molecule has 2 amide bonds. The Labute approximate surface area is 185 Å². The van der Waals surface area contributed by atoms with Crippen molar-refractivity contribution in [1.29, 1.82) is 0 Å². The first-order chi connectivity index (χ1) is 15.0. The Morgan fingerprint density at radius 1 is 1.00 bits per heavy atom. The summed E-state index contributed by atoms with van der Waals surface area (Å²) in [6.07, 6.45) is 4.73. The van der Waals surface area contributed by atoms with Gasteiger partial charge in [-0.15, -0.1) is 0 Å². The molecule has 0 spiro atoms. The molecule has 0 radical (unpaired) electrons. The number of carbonyl (C=O) groups is 2. The Balaban J connectivity index is 1.44. The molecule has 0 saturated carbocycles. The number of fused-ring (bicyclic) bond motifs is 4. The van der Waals surface area contributed by atoms with Crippen LogP contribution in [-0.4, -0.2) is 46.8 Å². The van der Waals surface area contributed by atoms with E-state index >= 15 is 0 Å². The summed E-state index contributed by atoms with van der Waals surface area (Å²) in [5, 5.41) is 0. The Kier molecular flexibility index (Phi) is 5.33. The van der Waals surface area contributed by atoms with Gasteiger partial charge in [-0.05, 0) is 80.2 Å². The van der Waals surface area contributed by atoms with Crippen LogP contribution in [0.15, 0.2) is 48.5 Å². The van der Waals surface area contributed by atoms with Gasteiger partial charge in [0.05, 0.1) is 0 Å². The number of rotatable bonds is 3. The molecule has 4 heteroatoms. The summed E-state index contributed by atoms with van der Waals surface area (Å²) >= 11 is 0. The first kappa shape index (κ1) is 20.3. The molecule has 3 fully saturated rings. The maximum atomic E-state index is 13.4. The summed E-state index contributed by atoms with van der Waals surface area (Å²) in [4.78, 5) is 30.8. The van der Waals surface area contributed by atoms with Crippen molar-refractivity contribution in [1.82, 2.24) is 9.80 Å². The molecule has 0 aromatic heterocycles. The van der Waals surface area contributed by atoms with Gasteiger partial charge < -0.3 is 9.80 Å². The lowest BCUT2D eigenvalue weighted by atomic mass is 9.70. The van der Waals surface area contributed by atoms with Crippen LogP contribution >= 0.6 is 0 Å². The summed E-state index contributed by atoms with van der Waals surface area (Å²) in [5.41, 5.74) is 4.44. The summed E-state index contributed by atoms with van der Waals surface area (Å²) in [6.45, 7) is 5.67. The van der Waals surface area contributed by atoms with Crippen molar-refractivity contribution in [3.63, 3.8) is 0 Å². The van der Waals surface area contributed by atoms with Crippen molar-refractivity contribution in [3.05, 3.63) is 70.8 Å². The molecule has 2 bridgehead atoms. The van der Waals surface area contributed by atoms with Crippen molar-refractivity contribution >= 4 is 11.8 Å². The van der Waals surface area contributed by atoms with Gasteiger partial charge in [0.25, 0.3) is 5.91 Å². The predicted octanol–water partition coefficient (Wildman–Crippen LogP) is 4.39. The van der Waals surface area contributed by atoms with Crippen molar-refractivity contribution in [3.8, 4) is 0 Å². The second kappa shape index (κ2) is 8.14. The molecule has 2 aromatic carbocycles. The monoisotopic (exact) mass is 416 g/mol. The fraction of sp³-hybridized carbons (Fsp3) is 0.481. The lowest BCUT2D eigenvalue weighted by Crippen LogP contribution is -2.66. The zero-order valence-electron chi connectivity index (χ0n) is 18.6. The Morgan fingerprint density at radius 2 is 1.77 bits per heavy atom. The van der Waals surface area contributed by atoms with E-state index in [4.69, 9.17) is 0 Å². The topological polar surface area (TPSA) is 40.6 Å². The number of nitrogens with zero attached hydrogens (tertiary/aromatic N) is 2. The molecular formula is C27H32N2O2. The van der Waals surface area contributed by atoms with Gasteiger partial charge in [-0.2, -0.15) is 0 Å². The largest absolute Gasteiger partial charge is 0.338 e. The smallest absolute Gasteiger partial charge is 0.253 e. The first-order valence-electron chi connectivity index (χ1n) is 11.7. The maximum Gasteiger partial charge on any atom is 0.253 e. The van der Waals surface area contributed by atoms with E-state index in [2.05, 4.69) is 47.9 Å². The van der Waals surface area contributed by atoms with Crippen LogP contribution in [0, 0.1) is 25.7 Å². The first-order valence-corrected chi connectivity index (χ1v) is 11.7. The lowest BCUT2D eigenvalue weighted by Gasteiger charge is -2.56. The third kappa shape index (κ3) is 3.77. The van der Waals surface area contributed by atoms with E-state index in [1.807, 2.05) is 24.3 Å². The minimum Gasteiger partial charge on any atom is -0.338 e. The van der Waals surface area contributed by atoms with Crippen LogP contribution in [-0.2, 0) is 11.2 Å². The van der Waals surface area contributed by atoms with Crippen molar-refractivity contribution in [2.24, 2.45) is 11.8 Å². The fourth-order valence-corrected chi connectivity index (χ4v) is 6.12. The van der Waals surface area contributed by atoms with E-state index in [1.165, 1.54) is 11.1 Å². The highest BCUT2D eigenvalue weighted by atomic mass is 16.2. The number of piperidine rings is 3. The van der Waals surface area contributed by atoms with Gasteiger partial charge in [-0.25, -0.2) is 0 Å². The van der Waals surface area contributed by atoms with Crippen molar-refractivity contribution in [2.75, 3.05) is 13.1 Å². The zero-order chi connectivity index (χ0) is 21.5. The van der Waals surface area contributed by atoms with Crippen molar-refractivity contribution in [2.45, 2.75) is 58.0 Å². The van der Waals surface area contributed by atoms with Crippen LogP contribution in [0.1, 0.15) is 52.7 Å². The highest BCUT2D eigenvalue weighted by molar-refractivity contribution is 5.94. The number of hydrogen-bond acceptors (Lipinski definition) is 2. The quantitative estimate of drug-likeness (QED) is 0.745. The van der Waals surface area contributed by atoms with Gasteiger partial charge in [0.2, 0.25) is 5.91 Å². The molecule has 4 atom stereocenters. The van der Waals surface area contributed by atoms with E-state index in [9.17, 15) is 9.59 Å². The molecule has 3 aliphatic rings. The second-order valence-electron chi connectivity index (χ2n) is 9.78. The van der Waals surface area contributed by atoms with E-state index < -0.39 is 0 Å². The average Bonchev–Trinajstić information content (AvgIpc) is 2.78. The van der Waals surface area contributed by atoms with Crippen LogP contribution < -0.4 is 0 Å². The molecule has 3 saturated heterocycles. The molecule has 3 aliphatic heterocycles. The Morgan fingerprint density at radius 3 is 2.55 bits per heavy atom. The number of benzene rings is 2. The highest BCUT2D eigenvalue weighted by Gasteiger charge is 2.49. The zero-order valence-corrected chi connectivity index (χ0v) is 18.6. The summed E-state index contributed by atoms with van der Waals surface area (Å²) in [6, 6.07) is 17.0. The molecule has 5 rings (SSSR count). The minimum atomic E-state index is 0.145. The Bertz CT molecular complexity index is 986. The SMILES string of the molecule is Cc1ccc(C(=O)N2C[C@H]3C[C@@H](C2)[C@H](Cc2ccccc2)N2C(=O)CCC[C@@H]32)cc1C. The molecule has 162 valence electrons. The van der Waals surface area contributed by atoms with Gasteiger partial charge in [0, 0.05) is 37.2 Å². The van der Waals surface area contributed by atoms with Crippen LogP contribution in [0.25, 0.3) is 0 Å². The van der Waals surface area contributed by atoms with Crippen LogP contribution in [0.2, 0.25) is 0 Å². The lowest BCUT2D eigenvalue weighted by molar-refractivity contribution is -0.151. The summed E-state index contributed by atoms with van der Waals surface area (Å²) in [7, 11) is 0. The predicted molar refractivity (Wildman–Crippen MR) is 122 cm³/mol. The van der Waals surface area contributed by atoms with E-state index in [0.29, 0.717) is 24.2 Å². The highest BCUT2D eigenvalue weighted by Crippen LogP contribution is 2.42. The van der Waals surface area contributed by atoms with Crippen molar-refractivity contribution < 1.29 is 9.59 Å². The number of amides is 2. The fourth-order valence-electron chi connectivity index (χ4n) is 6.12. The summed E-state index contributed by atoms with van der Waals surface area (Å²) < 4.78 is 0. The number of likely N-dealkylation sites (tertiary alicyclic amines) is 1. The molecule has 4 nitrogen and oxygen atoms in total. The Hall–Kier alpha value is -2.62. The van der Waals surface area contributed by atoms with Crippen LogP contribution in [0.5, 0.6) is 0 Å². The third-order valence-electron chi connectivity index (χ3n) is 7.83. The number of carbonyl (C=O) groups excluding carboxylic acids is 2. The normalized spacial score (nSPS) is 27.7. The molecule has 31 heavy (non-hydrogen) atoms. The third-order valence-corrected chi connectivity index (χ3v) is 7.83. The van der Waals surface area contributed by atoms with E-state index in [-0.39, 0.29) is 18.0 Å². The molecule has 2 aromatic rings. The molecule has 0 aliphatic carbocycles. The molecule has 0 unspecified atom stereocenters. The number of aryl methyl sites for hydroxylation is 2. The maximum absolute atomic E-state index is 13.4. The molecular weight excluding hydrogens is 384 g/mol. The average molecular weight is 417 g/mol. The van der Waals surface area contributed by atoms with Crippen LogP contribution in [0.3, 0.4) is 0 Å². The standard InChI is InChI=1S/C27H32N2O2/c1-18-11-12-21(13-19(18)2)27(31)28-16-22-15-23(17-28)25(14-20-7-4-3-5-8-20)29-24(22)9-6-10-26(29)30/h3-5,7-8,11-13,22-25H,6,9-10,14-17H2,1-2H3/t22-,23+,24+,25+/m1/s1. The second-order valence-corrected chi connectivity index (χ2v) is 9.78. The number of hydrogen-bond donors (Lipinski definition) is 0. The van der Waals surface area contributed by atoms with Gasteiger partial charge in [0.15, 0.2) is 0 Å². The van der Waals surface area contributed by atoms with Gasteiger partial charge >= 0.3 is 0 Å². The van der Waals surface area contributed by atoms with Gasteiger partial charge in [-0.3, -0.25) is 9.59 Å². The van der Waals surface area contributed by atoms with Gasteiger partial charge in [0.1, 0.15) is 0 Å². The minimum absolute atomic E-state index is 0.145. The summed E-state index contributed by atoms with van der Waals surface area (Å²) in [5.74, 6) is 1.20. The van der Waals surface area contributed by atoms with Gasteiger partial charge in [-0.1, -0.05) is 36.4 Å². The van der Waals surface area contributed by atoms with E-state index in [0.717, 1.165) is 49.9 Å². The molecule has 3 heterocycles. The molecule has 0 N–H and O–H groups in total.